The maximum Gasteiger partial charge on any atom is 0.273 e. The van der Waals surface area contributed by atoms with Crippen LogP contribution in [0, 0.1) is 0 Å². The van der Waals surface area contributed by atoms with E-state index in [1.807, 2.05) is 0 Å². The zero-order valence-electron chi connectivity index (χ0n) is 10.6. The number of hydrogen-bond acceptors (Lipinski definition) is 6. The minimum Gasteiger partial charge on any atom is -0.294 e. The van der Waals surface area contributed by atoms with Crippen molar-refractivity contribution in [1.29, 1.82) is 0 Å². The molecule has 1 rings (SSSR count). The van der Waals surface area contributed by atoms with Gasteiger partial charge in [-0.3, -0.25) is 4.57 Å². The third-order valence-corrected chi connectivity index (χ3v) is 3.57. The lowest BCUT2D eigenvalue weighted by Gasteiger charge is -2.23. The van der Waals surface area contributed by atoms with Crippen LogP contribution in [0.1, 0.15) is 26.6 Å². The summed E-state index contributed by atoms with van der Waals surface area (Å²) < 4.78 is 46.5. The zero-order chi connectivity index (χ0) is 14.4. The molecule has 0 saturated carbocycles. The Bertz CT molecular complexity index is 652. The van der Waals surface area contributed by atoms with Crippen molar-refractivity contribution in [3.63, 3.8) is 0 Å². The lowest BCUT2D eigenvalue weighted by Crippen LogP contribution is -2.30. The number of sulfonamides is 1. The molecule has 10 heteroatoms. The SMILES string of the molecule is CC(C)(C)n1c(CS(C)(=O)=O)nnc1S(N)(=O)=O. The fourth-order valence-electron chi connectivity index (χ4n) is 1.49. The van der Waals surface area contributed by atoms with Crippen LogP contribution in [-0.2, 0) is 31.2 Å². The molecule has 0 amide bonds. The minimum atomic E-state index is -4.06. The van der Waals surface area contributed by atoms with Gasteiger partial charge in [-0.05, 0) is 20.8 Å². The summed E-state index contributed by atoms with van der Waals surface area (Å²) in [6, 6.07) is 0. The first kappa shape index (κ1) is 15.1. The largest absolute Gasteiger partial charge is 0.294 e. The van der Waals surface area contributed by atoms with E-state index >= 15 is 0 Å². The maximum absolute atomic E-state index is 11.4. The van der Waals surface area contributed by atoms with Gasteiger partial charge in [-0.15, -0.1) is 10.2 Å². The summed E-state index contributed by atoms with van der Waals surface area (Å²) in [6.07, 6.45) is 1.03. The summed E-state index contributed by atoms with van der Waals surface area (Å²) in [4.78, 5) is 0. The van der Waals surface area contributed by atoms with Gasteiger partial charge in [0.2, 0.25) is 0 Å². The molecule has 0 unspecified atom stereocenters. The maximum atomic E-state index is 11.4. The number of nitrogens with zero attached hydrogens (tertiary/aromatic N) is 3. The monoisotopic (exact) mass is 296 g/mol. The van der Waals surface area contributed by atoms with Gasteiger partial charge in [0.15, 0.2) is 9.84 Å². The molecule has 0 fully saturated rings. The number of aromatic nitrogens is 3. The predicted octanol–water partition coefficient (Wildman–Crippen LogP) is -0.775. The van der Waals surface area contributed by atoms with Crippen molar-refractivity contribution in [3.05, 3.63) is 5.82 Å². The number of rotatable bonds is 3. The van der Waals surface area contributed by atoms with Gasteiger partial charge in [0.05, 0.1) is 0 Å². The van der Waals surface area contributed by atoms with Crippen molar-refractivity contribution in [2.24, 2.45) is 5.14 Å². The van der Waals surface area contributed by atoms with E-state index in [0.29, 0.717) is 0 Å². The Labute approximate surface area is 106 Å². The van der Waals surface area contributed by atoms with Gasteiger partial charge >= 0.3 is 0 Å². The Morgan fingerprint density at radius 1 is 1.17 bits per heavy atom. The van der Waals surface area contributed by atoms with Crippen molar-refractivity contribution in [1.82, 2.24) is 14.8 Å². The van der Waals surface area contributed by atoms with Crippen LogP contribution < -0.4 is 5.14 Å². The molecule has 18 heavy (non-hydrogen) atoms. The molecule has 0 spiro atoms. The molecule has 8 nitrogen and oxygen atoms in total. The van der Waals surface area contributed by atoms with Gasteiger partial charge in [-0.1, -0.05) is 0 Å². The third-order valence-electron chi connectivity index (χ3n) is 2.02. The lowest BCUT2D eigenvalue weighted by atomic mass is 10.1. The van der Waals surface area contributed by atoms with Crippen LogP contribution in [-0.4, -0.2) is 37.9 Å². The molecular formula is C8H16N4O4S2. The smallest absolute Gasteiger partial charge is 0.273 e. The summed E-state index contributed by atoms with van der Waals surface area (Å²) in [6.45, 7) is 5.12. The van der Waals surface area contributed by atoms with E-state index in [1.165, 1.54) is 4.57 Å². The molecular weight excluding hydrogens is 280 g/mol. The Kier molecular flexibility index (Phi) is 3.58. The second-order valence-electron chi connectivity index (χ2n) is 5.02. The normalized spacial score (nSPS) is 13.8. The summed E-state index contributed by atoms with van der Waals surface area (Å²) in [5.41, 5.74) is -0.703. The first-order valence-corrected chi connectivity index (χ1v) is 8.58. The summed E-state index contributed by atoms with van der Waals surface area (Å²) >= 11 is 0. The van der Waals surface area contributed by atoms with Gasteiger partial charge in [0.1, 0.15) is 11.6 Å². The van der Waals surface area contributed by atoms with Gasteiger partial charge in [0, 0.05) is 11.8 Å². The number of nitrogens with two attached hydrogens (primary N) is 1. The number of hydrogen-bond donors (Lipinski definition) is 1. The molecule has 1 aromatic rings. The fraction of sp³-hybridized carbons (Fsp3) is 0.750. The lowest BCUT2D eigenvalue weighted by molar-refractivity contribution is 0.353. The summed E-state index contributed by atoms with van der Waals surface area (Å²) in [7, 11) is -7.41. The van der Waals surface area contributed by atoms with Gasteiger partial charge in [-0.2, -0.15) is 0 Å². The van der Waals surface area contributed by atoms with Crippen LogP contribution >= 0.6 is 0 Å². The van der Waals surface area contributed by atoms with Crippen molar-refractivity contribution in [2.75, 3.05) is 6.26 Å². The summed E-state index contributed by atoms with van der Waals surface area (Å²) in [5, 5.41) is 11.7. The standard InChI is InChI=1S/C8H16N4O4S2/c1-8(2,3)12-6(5-17(4,13)14)10-11-7(12)18(9,15)16/h5H2,1-4H3,(H2,9,15,16). The Morgan fingerprint density at radius 2 is 1.67 bits per heavy atom. The topological polar surface area (TPSA) is 125 Å². The van der Waals surface area contributed by atoms with Crippen molar-refractivity contribution < 1.29 is 16.8 Å². The van der Waals surface area contributed by atoms with E-state index in [4.69, 9.17) is 5.14 Å². The number of primary sulfonamides is 1. The molecule has 0 aliphatic heterocycles. The van der Waals surface area contributed by atoms with E-state index in [2.05, 4.69) is 10.2 Å². The van der Waals surface area contributed by atoms with E-state index in [9.17, 15) is 16.8 Å². The fourth-order valence-corrected chi connectivity index (χ4v) is 2.93. The Hall–Kier alpha value is -1.00. The van der Waals surface area contributed by atoms with Crippen molar-refractivity contribution in [3.8, 4) is 0 Å². The first-order chi connectivity index (χ1) is 7.82. The predicted molar refractivity (Wildman–Crippen MR) is 64.9 cm³/mol. The second-order valence-corrected chi connectivity index (χ2v) is 8.62. The third kappa shape index (κ3) is 3.50. The molecule has 0 aromatic carbocycles. The van der Waals surface area contributed by atoms with Gasteiger partial charge in [0.25, 0.3) is 15.2 Å². The molecule has 0 bridgehead atoms. The van der Waals surface area contributed by atoms with Crippen LogP contribution in [0.15, 0.2) is 5.16 Å². The highest BCUT2D eigenvalue weighted by atomic mass is 32.2. The van der Waals surface area contributed by atoms with Crippen LogP contribution in [0.2, 0.25) is 0 Å². The van der Waals surface area contributed by atoms with E-state index < -0.39 is 36.3 Å². The van der Waals surface area contributed by atoms with Crippen LogP contribution in [0.3, 0.4) is 0 Å². The second kappa shape index (κ2) is 4.28. The molecule has 2 N–H and O–H groups in total. The quantitative estimate of drug-likeness (QED) is 0.780. The molecule has 1 heterocycles. The average Bonchev–Trinajstić information content (AvgIpc) is 2.41. The van der Waals surface area contributed by atoms with Crippen LogP contribution in [0.25, 0.3) is 0 Å². The molecule has 1 aromatic heterocycles. The van der Waals surface area contributed by atoms with E-state index in [0.717, 1.165) is 6.26 Å². The molecule has 0 radical (unpaired) electrons. The van der Waals surface area contributed by atoms with Crippen LogP contribution in [0.4, 0.5) is 0 Å². The van der Waals surface area contributed by atoms with Crippen molar-refractivity contribution >= 4 is 19.9 Å². The minimum absolute atomic E-state index is 0.0500. The number of sulfone groups is 1. The zero-order valence-corrected chi connectivity index (χ0v) is 12.2. The van der Waals surface area contributed by atoms with E-state index in [1.54, 1.807) is 20.8 Å². The molecule has 0 saturated heterocycles. The van der Waals surface area contributed by atoms with Gasteiger partial charge in [-0.25, -0.2) is 22.0 Å². The van der Waals surface area contributed by atoms with Gasteiger partial charge < -0.3 is 0 Å². The average molecular weight is 296 g/mol. The molecule has 0 atom stereocenters. The van der Waals surface area contributed by atoms with Crippen LogP contribution in [0.5, 0.6) is 0 Å². The highest BCUT2D eigenvalue weighted by Gasteiger charge is 2.29. The highest BCUT2D eigenvalue weighted by Crippen LogP contribution is 2.21. The molecule has 0 aliphatic carbocycles. The summed E-state index contributed by atoms with van der Waals surface area (Å²) in [5.74, 6) is -0.346. The van der Waals surface area contributed by atoms with E-state index in [-0.39, 0.29) is 5.82 Å². The first-order valence-electron chi connectivity index (χ1n) is 4.98. The Balaban J connectivity index is 3.54. The molecule has 0 aliphatic rings. The molecule has 104 valence electrons. The Morgan fingerprint density at radius 3 is 2.00 bits per heavy atom. The highest BCUT2D eigenvalue weighted by molar-refractivity contribution is 7.90. The van der Waals surface area contributed by atoms with Crippen molar-refractivity contribution in [2.45, 2.75) is 37.2 Å².